The minimum absolute atomic E-state index is 0.409. The van der Waals surface area contributed by atoms with Crippen LogP contribution in [-0.2, 0) is 23.3 Å². The van der Waals surface area contributed by atoms with Crippen molar-refractivity contribution >= 4 is 21.4 Å². The van der Waals surface area contributed by atoms with Crippen molar-refractivity contribution in [2.45, 2.75) is 31.6 Å². The molecule has 1 heterocycles. The van der Waals surface area contributed by atoms with Gasteiger partial charge in [0.2, 0.25) is 0 Å². The van der Waals surface area contributed by atoms with E-state index in [9.17, 15) is 8.42 Å². The second-order valence-corrected chi connectivity index (χ2v) is 7.14. The first kappa shape index (κ1) is 14.5. The molecule has 0 bridgehead atoms. The van der Waals surface area contributed by atoms with Gasteiger partial charge in [-0.2, -0.15) is 5.10 Å². The highest BCUT2D eigenvalue weighted by Crippen LogP contribution is 2.21. The van der Waals surface area contributed by atoms with Crippen molar-refractivity contribution in [3.05, 3.63) is 16.4 Å². The lowest BCUT2D eigenvalue weighted by Gasteiger charge is -2.18. The van der Waals surface area contributed by atoms with Crippen LogP contribution in [0.15, 0.2) is 0 Å². The molecule has 0 aliphatic rings. The second kappa shape index (κ2) is 4.96. The Morgan fingerprint density at radius 2 is 2.06 bits per heavy atom. The Kier molecular flexibility index (Phi) is 4.22. The predicted molar refractivity (Wildman–Crippen MR) is 68.9 cm³/mol. The molecule has 0 radical (unpaired) electrons. The average molecular weight is 280 g/mol. The minimum atomic E-state index is -3.14. The zero-order chi connectivity index (χ0) is 13.4. The van der Waals surface area contributed by atoms with E-state index in [0.29, 0.717) is 11.6 Å². The van der Waals surface area contributed by atoms with Crippen molar-refractivity contribution in [1.82, 2.24) is 9.78 Å². The summed E-state index contributed by atoms with van der Waals surface area (Å²) in [6, 6.07) is -0.481. The van der Waals surface area contributed by atoms with Crippen molar-refractivity contribution in [2.24, 2.45) is 12.8 Å². The Bertz CT molecular complexity index is 510. The van der Waals surface area contributed by atoms with E-state index in [1.807, 2.05) is 6.92 Å². The molecule has 0 saturated carbocycles. The van der Waals surface area contributed by atoms with Gasteiger partial charge in [0.15, 0.2) is 9.84 Å². The highest BCUT2D eigenvalue weighted by molar-refractivity contribution is 7.91. The summed E-state index contributed by atoms with van der Waals surface area (Å²) in [7, 11) is -1.40. The molecule has 1 aromatic rings. The molecule has 7 heteroatoms. The normalized spacial score (nSPS) is 15.9. The Hall–Kier alpha value is -0.590. The van der Waals surface area contributed by atoms with Crippen LogP contribution in [0.3, 0.4) is 0 Å². The largest absolute Gasteiger partial charge is 0.326 e. The van der Waals surface area contributed by atoms with Gasteiger partial charge >= 0.3 is 0 Å². The van der Waals surface area contributed by atoms with Crippen LogP contribution in [0.4, 0.5) is 0 Å². The van der Waals surface area contributed by atoms with Gasteiger partial charge in [0, 0.05) is 24.9 Å². The van der Waals surface area contributed by atoms with Crippen molar-refractivity contribution in [3.8, 4) is 0 Å². The molecule has 2 N–H and O–H groups in total. The molecule has 2 atom stereocenters. The van der Waals surface area contributed by atoms with Crippen LogP contribution in [0.1, 0.15) is 18.2 Å². The SMILES string of the molecule is Cc1nn(C)c(Cl)c1CC(N)C(C)S(C)(=O)=O. The first-order valence-corrected chi connectivity index (χ1v) is 7.60. The highest BCUT2D eigenvalue weighted by Gasteiger charge is 2.25. The number of nitrogens with two attached hydrogens (primary N) is 1. The number of sulfone groups is 1. The van der Waals surface area contributed by atoms with Gasteiger partial charge in [0.25, 0.3) is 0 Å². The molecule has 2 unspecified atom stereocenters. The van der Waals surface area contributed by atoms with Gasteiger partial charge in [0.1, 0.15) is 5.15 Å². The number of hydrogen-bond donors (Lipinski definition) is 1. The van der Waals surface area contributed by atoms with E-state index >= 15 is 0 Å². The third kappa shape index (κ3) is 3.20. The first-order chi connectivity index (χ1) is 7.64. The van der Waals surface area contributed by atoms with Crippen LogP contribution >= 0.6 is 11.6 Å². The van der Waals surface area contributed by atoms with Gasteiger partial charge in [-0.05, 0) is 20.3 Å². The third-order valence-electron chi connectivity index (χ3n) is 2.99. The second-order valence-electron chi connectivity index (χ2n) is 4.38. The molecule has 1 aromatic heterocycles. The zero-order valence-corrected chi connectivity index (χ0v) is 12.0. The number of nitrogens with zero attached hydrogens (tertiary/aromatic N) is 2. The Labute approximate surface area is 107 Å². The quantitative estimate of drug-likeness (QED) is 0.879. The maximum absolute atomic E-state index is 11.4. The summed E-state index contributed by atoms with van der Waals surface area (Å²) in [5.74, 6) is 0. The lowest BCUT2D eigenvalue weighted by Crippen LogP contribution is -2.39. The average Bonchev–Trinajstić information content (AvgIpc) is 2.42. The lowest BCUT2D eigenvalue weighted by atomic mass is 10.1. The van der Waals surface area contributed by atoms with Crippen LogP contribution in [0.5, 0.6) is 0 Å². The number of rotatable bonds is 4. The molecule has 17 heavy (non-hydrogen) atoms. The van der Waals surface area contributed by atoms with Gasteiger partial charge in [0.05, 0.1) is 10.9 Å². The molecule has 1 rings (SSSR count). The molecule has 0 spiro atoms. The number of hydrogen-bond acceptors (Lipinski definition) is 4. The lowest BCUT2D eigenvalue weighted by molar-refractivity contribution is 0.561. The van der Waals surface area contributed by atoms with Crippen molar-refractivity contribution in [3.63, 3.8) is 0 Å². The van der Waals surface area contributed by atoms with E-state index in [-0.39, 0.29) is 0 Å². The summed E-state index contributed by atoms with van der Waals surface area (Å²) in [6.07, 6.45) is 1.60. The summed E-state index contributed by atoms with van der Waals surface area (Å²) in [5, 5.41) is 4.08. The molecule has 0 fully saturated rings. The summed E-state index contributed by atoms with van der Waals surface area (Å²) >= 11 is 6.07. The fraction of sp³-hybridized carbons (Fsp3) is 0.700. The van der Waals surface area contributed by atoms with E-state index in [4.69, 9.17) is 17.3 Å². The molecular formula is C10H18ClN3O2S. The Balaban J connectivity index is 2.92. The molecule has 0 aliphatic heterocycles. The van der Waals surface area contributed by atoms with E-state index in [2.05, 4.69) is 5.10 Å². The number of aryl methyl sites for hydroxylation is 2. The standard InChI is InChI=1S/C10H18ClN3O2S/c1-6-8(10(11)14(3)13-6)5-9(12)7(2)17(4,15)16/h7,9H,5,12H2,1-4H3. The number of aromatic nitrogens is 2. The molecule has 98 valence electrons. The molecule has 0 saturated heterocycles. The van der Waals surface area contributed by atoms with Crippen LogP contribution < -0.4 is 5.73 Å². The number of halogens is 1. The predicted octanol–water partition coefficient (Wildman–Crippen LogP) is 0.685. The molecule has 0 amide bonds. The van der Waals surface area contributed by atoms with Crippen LogP contribution in [0.2, 0.25) is 5.15 Å². The van der Waals surface area contributed by atoms with Crippen LogP contribution in [-0.4, -0.2) is 35.7 Å². The third-order valence-corrected chi connectivity index (χ3v) is 5.16. The summed E-state index contributed by atoms with van der Waals surface area (Å²) < 4.78 is 24.4. The highest BCUT2D eigenvalue weighted by atomic mass is 35.5. The minimum Gasteiger partial charge on any atom is -0.326 e. The molecule has 0 aliphatic carbocycles. The molecule has 0 aromatic carbocycles. The van der Waals surface area contributed by atoms with E-state index < -0.39 is 21.1 Å². The monoisotopic (exact) mass is 279 g/mol. The smallest absolute Gasteiger partial charge is 0.151 e. The first-order valence-electron chi connectivity index (χ1n) is 5.27. The zero-order valence-electron chi connectivity index (χ0n) is 10.4. The summed E-state index contributed by atoms with van der Waals surface area (Å²) in [5.41, 5.74) is 7.51. The Morgan fingerprint density at radius 3 is 2.41 bits per heavy atom. The van der Waals surface area contributed by atoms with E-state index in [1.165, 1.54) is 6.26 Å². The van der Waals surface area contributed by atoms with Crippen LogP contribution in [0.25, 0.3) is 0 Å². The molecule has 5 nitrogen and oxygen atoms in total. The topological polar surface area (TPSA) is 78.0 Å². The van der Waals surface area contributed by atoms with Crippen molar-refractivity contribution in [2.75, 3.05) is 6.26 Å². The van der Waals surface area contributed by atoms with Gasteiger partial charge in [-0.3, -0.25) is 4.68 Å². The summed E-state index contributed by atoms with van der Waals surface area (Å²) in [4.78, 5) is 0. The van der Waals surface area contributed by atoms with Crippen molar-refractivity contribution in [1.29, 1.82) is 0 Å². The summed E-state index contributed by atoms with van der Waals surface area (Å²) in [6.45, 7) is 3.44. The van der Waals surface area contributed by atoms with Gasteiger partial charge < -0.3 is 5.73 Å². The van der Waals surface area contributed by atoms with Gasteiger partial charge in [-0.1, -0.05) is 11.6 Å². The van der Waals surface area contributed by atoms with Crippen LogP contribution in [0, 0.1) is 6.92 Å². The van der Waals surface area contributed by atoms with E-state index in [1.54, 1.807) is 18.7 Å². The molecular weight excluding hydrogens is 262 g/mol. The van der Waals surface area contributed by atoms with Gasteiger partial charge in [-0.25, -0.2) is 8.42 Å². The maximum atomic E-state index is 11.4. The van der Waals surface area contributed by atoms with E-state index in [0.717, 1.165) is 11.3 Å². The van der Waals surface area contributed by atoms with Gasteiger partial charge in [-0.15, -0.1) is 0 Å². The fourth-order valence-corrected chi connectivity index (χ4v) is 2.61. The maximum Gasteiger partial charge on any atom is 0.151 e. The van der Waals surface area contributed by atoms with Crippen molar-refractivity contribution < 1.29 is 8.42 Å². The Morgan fingerprint density at radius 1 is 1.53 bits per heavy atom. The fourth-order valence-electron chi connectivity index (χ4n) is 1.62.